The Morgan fingerprint density at radius 3 is 0.810 bits per heavy atom. The monoisotopic (exact) mass is 1130 g/mol. The van der Waals surface area contributed by atoms with E-state index >= 15 is 0 Å². The maximum Gasteiger partial charge on any atom is 0.347 e. The van der Waals surface area contributed by atoms with E-state index in [0.717, 1.165) is 32.1 Å². The number of hydrogen-bond acceptors (Lipinski definition) is 16. The highest BCUT2D eigenvalue weighted by atomic mass is 16.6. The van der Waals surface area contributed by atoms with Gasteiger partial charge in [-0.3, -0.25) is 29.0 Å². The van der Waals surface area contributed by atoms with Gasteiger partial charge >= 0.3 is 23.9 Å². The molecule has 4 heterocycles. The Kier molecular flexibility index (Phi) is 14.5. The van der Waals surface area contributed by atoms with E-state index in [-0.39, 0.29) is 70.5 Å². The van der Waals surface area contributed by atoms with Crippen LogP contribution >= 0.6 is 0 Å². The first kappa shape index (κ1) is 55.4. The van der Waals surface area contributed by atoms with Crippen LogP contribution in [0.4, 0.5) is 0 Å². The second-order valence-electron chi connectivity index (χ2n) is 20.9. The summed E-state index contributed by atoms with van der Waals surface area (Å²) >= 11 is 0. The quantitative estimate of drug-likeness (QED) is 0.0519. The smallest absolute Gasteiger partial charge is 0.347 e. The lowest BCUT2D eigenvalue weighted by atomic mass is 9.78. The molecule has 4 amide bonds. The number of ether oxygens (including phenoxy) is 6. The van der Waals surface area contributed by atoms with Crippen LogP contribution in [0.25, 0.3) is 0 Å². The molecule has 0 aliphatic carbocycles. The zero-order valence-electron chi connectivity index (χ0n) is 45.5. The Morgan fingerprint density at radius 2 is 0.536 bits per heavy atom. The van der Waals surface area contributed by atoms with Gasteiger partial charge < -0.3 is 38.6 Å². The standard InChI is InChI=1S/C35H30N2O8.C31H20O8/c1-35(2,21-3-7-23(8-4-21)44-25-11-13-27-29(19-25)33(42)36(15-17-38)31(27)40)22-5-9-24(10-6-22)45-26-12-14-28-30(20-26)34(43)37(16-18-39)32(28)41;1-31(2,17-3-7-19(8-4-17)36-21-11-13-23-25(15-21)29(34)38-27(23)32)18-5-9-20(10-6-18)37-22-12-14-24-26(16-22)30(35)39-28(24)33/h3-14,19-20,38-39H,15-18H2,1-2H3;3-16H,1-2H3. The molecule has 0 radical (unpaired) electrons. The van der Waals surface area contributed by atoms with E-state index in [4.69, 9.17) is 29.2 Å². The molecule has 8 aromatic rings. The first-order chi connectivity index (χ1) is 40.3. The summed E-state index contributed by atoms with van der Waals surface area (Å²) in [5.41, 5.74) is 5.38. The van der Waals surface area contributed by atoms with E-state index < -0.39 is 47.5 Å². The van der Waals surface area contributed by atoms with Crippen LogP contribution in [-0.4, -0.2) is 93.8 Å². The van der Waals surface area contributed by atoms with E-state index in [0.29, 0.717) is 57.1 Å². The van der Waals surface area contributed by atoms with Gasteiger partial charge in [-0.2, -0.15) is 0 Å². The topological polar surface area (TPSA) is 239 Å². The third kappa shape index (κ3) is 10.5. The Balaban J connectivity index is 0.000000177. The number of esters is 4. The summed E-state index contributed by atoms with van der Waals surface area (Å²) in [4.78, 5) is 99.0. The first-order valence-corrected chi connectivity index (χ1v) is 26.5. The predicted octanol–water partition coefficient (Wildman–Crippen LogP) is 11.0. The molecule has 0 bridgehead atoms. The Bertz CT molecular complexity index is 3780. The molecule has 0 unspecified atom stereocenters. The summed E-state index contributed by atoms with van der Waals surface area (Å²) in [5.74, 6) is -0.430. The van der Waals surface area contributed by atoms with Crippen LogP contribution in [-0.2, 0) is 20.3 Å². The number of fused-ring (bicyclic) bond motifs is 4. The number of carbonyl (C=O) groups is 8. The molecule has 4 aliphatic heterocycles. The molecule has 0 aromatic heterocycles. The number of imide groups is 2. The number of aliphatic hydroxyl groups excluding tert-OH is 2. The van der Waals surface area contributed by atoms with Crippen molar-refractivity contribution >= 4 is 47.5 Å². The molecule has 8 aromatic carbocycles. The van der Waals surface area contributed by atoms with Gasteiger partial charge in [0, 0.05) is 10.8 Å². The molecular formula is C66H50N2O16. The van der Waals surface area contributed by atoms with Gasteiger partial charge in [0.15, 0.2) is 0 Å². The molecule has 0 atom stereocenters. The van der Waals surface area contributed by atoms with Crippen LogP contribution in [0.1, 0.15) is 133 Å². The van der Waals surface area contributed by atoms with Crippen molar-refractivity contribution in [3.8, 4) is 46.0 Å². The highest BCUT2D eigenvalue weighted by molar-refractivity contribution is 6.22. The fraction of sp³-hybridized carbons (Fsp3) is 0.152. The largest absolute Gasteiger partial charge is 0.457 e. The molecular weight excluding hydrogens is 1080 g/mol. The van der Waals surface area contributed by atoms with Gasteiger partial charge in [0.1, 0.15) is 46.0 Å². The summed E-state index contributed by atoms with van der Waals surface area (Å²) in [5, 5.41) is 18.3. The first-order valence-electron chi connectivity index (χ1n) is 26.5. The zero-order valence-corrected chi connectivity index (χ0v) is 45.5. The summed E-state index contributed by atoms with van der Waals surface area (Å²) in [7, 11) is 0. The second-order valence-corrected chi connectivity index (χ2v) is 20.9. The molecule has 84 heavy (non-hydrogen) atoms. The van der Waals surface area contributed by atoms with E-state index in [2.05, 4.69) is 37.2 Å². The number of nitrogens with zero attached hydrogens (tertiary/aromatic N) is 2. The van der Waals surface area contributed by atoms with Gasteiger partial charge in [0.05, 0.1) is 70.8 Å². The van der Waals surface area contributed by atoms with Gasteiger partial charge in [-0.25, -0.2) is 19.2 Å². The lowest BCUT2D eigenvalue weighted by molar-refractivity contribution is 0.0425. The summed E-state index contributed by atoms with van der Waals surface area (Å²) in [6.45, 7) is 7.69. The molecule has 18 heteroatoms. The van der Waals surface area contributed by atoms with Gasteiger partial charge in [0.2, 0.25) is 0 Å². The highest BCUT2D eigenvalue weighted by Crippen LogP contribution is 2.39. The Morgan fingerprint density at radius 1 is 0.310 bits per heavy atom. The van der Waals surface area contributed by atoms with E-state index in [1.165, 1.54) is 24.3 Å². The van der Waals surface area contributed by atoms with E-state index in [9.17, 15) is 38.4 Å². The maximum absolute atomic E-state index is 12.6. The number of rotatable bonds is 16. The van der Waals surface area contributed by atoms with E-state index in [1.807, 2.05) is 97.1 Å². The number of carbonyl (C=O) groups excluding carboxylic acids is 8. The molecule has 0 saturated carbocycles. The van der Waals surface area contributed by atoms with Crippen molar-refractivity contribution in [1.82, 2.24) is 9.80 Å². The number of cyclic esters (lactones) is 4. The summed E-state index contributed by atoms with van der Waals surface area (Å²) < 4.78 is 33.0. The van der Waals surface area contributed by atoms with Gasteiger partial charge in [-0.15, -0.1) is 0 Å². The fourth-order valence-corrected chi connectivity index (χ4v) is 10.2. The molecule has 12 rings (SSSR count). The number of benzene rings is 8. The lowest BCUT2D eigenvalue weighted by Gasteiger charge is -2.26. The molecule has 420 valence electrons. The van der Waals surface area contributed by atoms with Crippen LogP contribution < -0.4 is 18.9 Å². The number of amides is 4. The summed E-state index contributed by atoms with van der Waals surface area (Å²) in [6, 6.07) is 49.2. The maximum atomic E-state index is 12.6. The normalized spacial score (nSPS) is 14.1. The molecule has 0 spiro atoms. The van der Waals surface area contributed by atoms with Crippen molar-refractivity contribution < 1.29 is 77.0 Å². The highest BCUT2D eigenvalue weighted by Gasteiger charge is 2.37. The Labute approximate surface area is 479 Å². The van der Waals surface area contributed by atoms with Gasteiger partial charge in [-0.1, -0.05) is 76.2 Å². The third-order valence-corrected chi connectivity index (χ3v) is 15.0. The SMILES string of the molecule is CC(C)(c1ccc(Oc2ccc3c(c2)C(=O)N(CCO)C3=O)cc1)c1ccc(Oc2ccc3c(c2)C(=O)N(CCO)C3=O)cc1.CC(C)(c1ccc(Oc2ccc3c(c2)C(=O)OC3=O)cc1)c1ccc(Oc2ccc3c(c2)C(=O)OC3=O)cc1. The fourth-order valence-electron chi connectivity index (χ4n) is 10.2. The molecule has 0 saturated heterocycles. The molecule has 2 N–H and O–H groups in total. The number of β-amino-alcohol motifs (C(OH)–C–C–N with tert-alkyl or cyclic N) is 2. The van der Waals surface area contributed by atoms with Gasteiger partial charge in [0.25, 0.3) is 23.6 Å². The average Bonchev–Trinajstić information content (AvgIpc) is 2.74. The van der Waals surface area contributed by atoms with Crippen LogP contribution in [0.2, 0.25) is 0 Å². The van der Waals surface area contributed by atoms with Crippen molar-refractivity contribution in [2.75, 3.05) is 26.3 Å². The second kappa shape index (κ2) is 22.1. The zero-order chi connectivity index (χ0) is 59.2. The minimum absolute atomic E-state index is 0.0544. The van der Waals surface area contributed by atoms with E-state index in [1.54, 1.807) is 48.5 Å². The van der Waals surface area contributed by atoms with Crippen molar-refractivity contribution in [1.29, 1.82) is 0 Å². The van der Waals surface area contributed by atoms with Crippen molar-refractivity contribution in [3.05, 3.63) is 237 Å². The van der Waals surface area contributed by atoms with Gasteiger partial charge in [-0.05, 0) is 144 Å². The van der Waals surface area contributed by atoms with Crippen molar-refractivity contribution in [2.24, 2.45) is 0 Å². The van der Waals surface area contributed by atoms with Crippen LogP contribution in [0.15, 0.2) is 170 Å². The lowest BCUT2D eigenvalue weighted by Crippen LogP contribution is -2.32. The molecule has 18 nitrogen and oxygen atoms in total. The predicted molar refractivity (Wildman–Crippen MR) is 300 cm³/mol. The molecule has 0 fully saturated rings. The van der Waals surface area contributed by atoms with Crippen LogP contribution in [0, 0.1) is 0 Å². The number of aliphatic hydroxyl groups is 2. The molecule has 4 aliphatic rings. The minimum atomic E-state index is -0.678. The van der Waals surface area contributed by atoms with Crippen molar-refractivity contribution in [2.45, 2.75) is 38.5 Å². The summed E-state index contributed by atoms with van der Waals surface area (Å²) in [6.07, 6.45) is 0. The van der Waals surface area contributed by atoms with Crippen molar-refractivity contribution in [3.63, 3.8) is 0 Å². The minimum Gasteiger partial charge on any atom is -0.457 e. The van der Waals surface area contributed by atoms with Crippen LogP contribution in [0.3, 0.4) is 0 Å². The third-order valence-electron chi connectivity index (χ3n) is 15.0. The Hall–Kier alpha value is -10.6. The average molecular weight is 1130 g/mol. The number of hydrogen-bond donors (Lipinski definition) is 2. The van der Waals surface area contributed by atoms with Crippen LogP contribution in [0.5, 0.6) is 46.0 Å².